The standard InChI is InChI=1S/C12H16BrNO2/c13-10-6-9(12(16)11(15)7-10)5-8-1-3-14-4-2-8/h6-8,14-16H,1-5H2. The van der Waals surface area contributed by atoms with Gasteiger partial charge in [0.25, 0.3) is 0 Å². The number of nitrogens with one attached hydrogen (secondary N) is 1. The Bertz CT molecular complexity index is 376. The van der Waals surface area contributed by atoms with Crippen LogP contribution in [0.4, 0.5) is 0 Å². The minimum atomic E-state index is -0.0432. The first-order chi connectivity index (χ1) is 7.66. The van der Waals surface area contributed by atoms with Crippen molar-refractivity contribution in [2.45, 2.75) is 19.3 Å². The lowest BCUT2D eigenvalue weighted by Crippen LogP contribution is -2.28. The fourth-order valence-corrected chi connectivity index (χ4v) is 2.69. The zero-order valence-corrected chi connectivity index (χ0v) is 10.6. The lowest BCUT2D eigenvalue weighted by Gasteiger charge is -2.23. The molecule has 16 heavy (non-hydrogen) atoms. The van der Waals surface area contributed by atoms with Crippen LogP contribution in [0, 0.1) is 5.92 Å². The molecular formula is C12H16BrNO2. The third-order valence-electron chi connectivity index (χ3n) is 3.10. The molecule has 1 aliphatic heterocycles. The summed E-state index contributed by atoms with van der Waals surface area (Å²) in [5.41, 5.74) is 0.832. The molecule has 0 saturated carbocycles. The van der Waals surface area contributed by atoms with Gasteiger partial charge < -0.3 is 15.5 Å². The maximum Gasteiger partial charge on any atom is 0.160 e. The van der Waals surface area contributed by atoms with Crippen LogP contribution in [-0.4, -0.2) is 23.3 Å². The quantitative estimate of drug-likeness (QED) is 0.732. The topological polar surface area (TPSA) is 52.5 Å². The first kappa shape index (κ1) is 11.7. The van der Waals surface area contributed by atoms with Gasteiger partial charge in [0, 0.05) is 4.47 Å². The Labute approximate surface area is 104 Å². The molecule has 1 heterocycles. The third-order valence-corrected chi connectivity index (χ3v) is 3.56. The molecule has 1 saturated heterocycles. The molecule has 0 unspecified atom stereocenters. The van der Waals surface area contributed by atoms with Gasteiger partial charge in [-0.15, -0.1) is 0 Å². The average molecular weight is 286 g/mol. The summed E-state index contributed by atoms with van der Waals surface area (Å²) in [7, 11) is 0. The second-order valence-corrected chi connectivity index (χ2v) is 5.25. The van der Waals surface area contributed by atoms with Gasteiger partial charge in [0.05, 0.1) is 0 Å². The van der Waals surface area contributed by atoms with Crippen molar-refractivity contribution in [3.05, 3.63) is 22.2 Å². The molecule has 3 nitrogen and oxygen atoms in total. The van der Waals surface area contributed by atoms with Crippen LogP contribution in [-0.2, 0) is 6.42 Å². The van der Waals surface area contributed by atoms with Gasteiger partial charge in [-0.05, 0) is 56.0 Å². The zero-order valence-electron chi connectivity index (χ0n) is 9.04. The second kappa shape index (κ2) is 5.06. The van der Waals surface area contributed by atoms with E-state index in [2.05, 4.69) is 21.2 Å². The molecule has 88 valence electrons. The van der Waals surface area contributed by atoms with Gasteiger partial charge in [-0.25, -0.2) is 0 Å². The van der Waals surface area contributed by atoms with Crippen molar-refractivity contribution < 1.29 is 10.2 Å². The minimum Gasteiger partial charge on any atom is -0.504 e. The molecule has 4 heteroatoms. The van der Waals surface area contributed by atoms with E-state index in [9.17, 15) is 10.2 Å². The number of rotatable bonds is 2. The van der Waals surface area contributed by atoms with E-state index in [0.29, 0.717) is 5.92 Å². The van der Waals surface area contributed by atoms with Crippen LogP contribution < -0.4 is 5.32 Å². The fourth-order valence-electron chi connectivity index (χ4n) is 2.19. The van der Waals surface area contributed by atoms with Gasteiger partial charge in [0.15, 0.2) is 11.5 Å². The van der Waals surface area contributed by atoms with Crippen molar-refractivity contribution in [3.63, 3.8) is 0 Å². The smallest absolute Gasteiger partial charge is 0.160 e. The number of halogens is 1. The predicted octanol–water partition coefficient (Wildman–Crippen LogP) is 2.40. The Morgan fingerprint density at radius 3 is 2.62 bits per heavy atom. The average Bonchev–Trinajstić information content (AvgIpc) is 2.27. The van der Waals surface area contributed by atoms with E-state index in [0.717, 1.165) is 42.4 Å². The van der Waals surface area contributed by atoms with Gasteiger partial charge in [0.2, 0.25) is 0 Å². The van der Waals surface area contributed by atoms with E-state index in [-0.39, 0.29) is 11.5 Å². The molecular weight excluding hydrogens is 270 g/mol. The van der Waals surface area contributed by atoms with E-state index >= 15 is 0 Å². The molecule has 0 bridgehead atoms. The normalized spacial score (nSPS) is 17.6. The van der Waals surface area contributed by atoms with Gasteiger partial charge in [-0.3, -0.25) is 0 Å². The highest BCUT2D eigenvalue weighted by atomic mass is 79.9. The number of hydrogen-bond acceptors (Lipinski definition) is 3. The third kappa shape index (κ3) is 2.68. The van der Waals surface area contributed by atoms with E-state index < -0.39 is 0 Å². The zero-order chi connectivity index (χ0) is 11.5. The molecule has 1 aromatic rings. The summed E-state index contributed by atoms with van der Waals surface area (Å²) in [6, 6.07) is 3.40. The summed E-state index contributed by atoms with van der Waals surface area (Å²) < 4.78 is 0.812. The highest BCUT2D eigenvalue weighted by Gasteiger charge is 2.17. The molecule has 1 aromatic carbocycles. The lowest BCUT2D eigenvalue weighted by molar-refractivity contribution is 0.359. The fraction of sp³-hybridized carbons (Fsp3) is 0.500. The molecule has 0 aromatic heterocycles. The predicted molar refractivity (Wildman–Crippen MR) is 66.8 cm³/mol. The molecule has 0 spiro atoms. The van der Waals surface area contributed by atoms with E-state index in [1.54, 1.807) is 0 Å². The molecule has 2 rings (SSSR count). The Balaban J connectivity index is 2.13. The number of hydrogen-bond donors (Lipinski definition) is 3. The largest absolute Gasteiger partial charge is 0.504 e. The van der Waals surface area contributed by atoms with Crippen molar-refractivity contribution in [2.24, 2.45) is 5.92 Å². The van der Waals surface area contributed by atoms with E-state index in [4.69, 9.17) is 0 Å². The van der Waals surface area contributed by atoms with Crippen LogP contribution in [0.3, 0.4) is 0 Å². The van der Waals surface area contributed by atoms with Crippen molar-refractivity contribution in [1.82, 2.24) is 5.32 Å². The molecule has 0 radical (unpaired) electrons. The summed E-state index contributed by atoms with van der Waals surface area (Å²) in [5, 5.41) is 22.6. The Kier molecular flexibility index (Phi) is 3.71. The van der Waals surface area contributed by atoms with Gasteiger partial charge in [-0.1, -0.05) is 15.9 Å². The SMILES string of the molecule is Oc1cc(Br)cc(CC2CCNCC2)c1O. The first-order valence-corrected chi connectivity index (χ1v) is 6.37. The molecule has 0 atom stereocenters. The summed E-state index contributed by atoms with van der Waals surface area (Å²) in [5.74, 6) is 0.584. The summed E-state index contributed by atoms with van der Waals surface area (Å²) in [6.07, 6.45) is 3.10. The van der Waals surface area contributed by atoms with Crippen LogP contribution in [0.15, 0.2) is 16.6 Å². The monoisotopic (exact) mass is 285 g/mol. The highest BCUT2D eigenvalue weighted by molar-refractivity contribution is 9.10. The summed E-state index contributed by atoms with van der Waals surface area (Å²) in [4.78, 5) is 0. The van der Waals surface area contributed by atoms with Crippen molar-refractivity contribution >= 4 is 15.9 Å². The summed E-state index contributed by atoms with van der Waals surface area (Å²) in [6.45, 7) is 2.09. The minimum absolute atomic E-state index is 0.0294. The molecule has 0 aliphatic carbocycles. The number of piperidine rings is 1. The Hall–Kier alpha value is -0.740. The van der Waals surface area contributed by atoms with Crippen molar-refractivity contribution in [1.29, 1.82) is 0 Å². The maximum absolute atomic E-state index is 9.77. The molecule has 1 aliphatic rings. The van der Waals surface area contributed by atoms with Gasteiger partial charge >= 0.3 is 0 Å². The van der Waals surface area contributed by atoms with E-state index in [1.807, 2.05) is 6.07 Å². The molecule has 3 N–H and O–H groups in total. The molecule has 0 amide bonds. The maximum atomic E-state index is 9.77. The van der Waals surface area contributed by atoms with E-state index in [1.165, 1.54) is 6.07 Å². The number of aromatic hydroxyl groups is 2. The highest BCUT2D eigenvalue weighted by Crippen LogP contribution is 2.35. The number of phenols is 2. The van der Waals surface area contributed by atoms with Crippen LogP contribution >= 0.6 is 15.9 Å². The Morgan fingerprint density at radius 2 is 1.94 bits per heavy atom. The number of phenolic OH excluding ortho intramolecular Hbond substituents is 2. The molecule has 1 fully saturated rings. The lowest BCUT2D eigenvalue weighted by atomic mass is 9.90. The second-order valence-electron chi connectivity index (χ2n) is 4.33. The van der Waals surface area contributed by atoms with Crippen LogP contribution in [0.1, 0.15) is 18.4 Å². The van der Waals surface area contributed by atoms with Crippen molar-refractivity contribution in [2.75, 3.05) is 13.1 Å². The van der Waals surface area contributed by atoms with Crippen LogP contribution in [0.25, 0.3) is 0 Å². The van der Waals surface area contributed by atoms with Gasteiger partial charge in [0.1, 0.15) is 0 Å². The van der Waals surface area contributed by atoms with Crippen LogP contribution in [0.5, 0.6) is 11.5 Å². The summed E-state index contributed by atoms with van der Waals surface area (Å²) >= 11 is 3.33. The Morgan fingerprint density at radius 1 is 1.25 bits per heavy atom. The van der Waals surface area contributed by atoms with Crippen LogP contribution in [0.2, 0.25) is 0 Å². The first-order valence-electron chi connectivity index (χ1n) is 5.58. The number of benzene rings is 1. The van der Waals surface area contributed by atoms with Crippen molar-refractivity contribution in [3.8, 4) is 11.5 Å². The van der Waals surface area contributed by atoms with Gasteiger partial charge in [-0.2, -0.15) is 0 Å².